The van der Waals surface area contributed by atoms with E-state index in [1.54, 1.807) is 6.20 Å². The maximum atomic E-state index is 5.06. The Morgan fingerprint density at radius 1 is 1.73 bits per heavy atom. The number of H-pyrrole nitrogens is 1. The molecule has 1 fully saturated rings. The van der Waals surface area contributed by atoms with E-state index in [4.69, 9.17) is 12.2 Å². The maximum Gasteiger partial charge on any atom is 0.139 e. The van der Waals surface area contributed by atoms with E-state index >= 15 is 0 Å². The van der Waals surface area contributed by atoms with Gasteiger partial charge < -0.3 is 5.32 Å². The van der Waals surface area contributed by atoms with Crippen LogP contribution in [0.4, 0.5) is 0 Å². The van der Waals surface area contributed by atoms with Crippen molar-refractivity contribution < 1.29 is 0 Å². The predicted molar refractivity (Wildman–Crippen MR) is 44.2 cm³/mol. The number of rotatable bonds is 2. The largest absolute Gasteiger partial charge is 0.372 e. The van der Waals surface area contributed by atoms with Crippen molar-refractivity contribution in [2.24, 2.45) is 0 Å². The first-order valence-corrected chi connectivity index (χ1v) is 3.94. The van der Waals surface area contributed by atoms with Crippen molar-refractivity contribution in [3.63, 3.8) is 0 Å². The first kappa shape index (κ1) is 6.72. The Bertz CT molecular complexity index is 252. The molecule has 2 rings (SSSR count). The molecule has 1 saturated carbocycles. The lowest BCUT2D eigenvalue weighted by molar-refractivity contribution is 0.905. The molecule has 2 N–H and O–H groups in total. The molecule has 0 atom stereocenters. The Hall–Kier alpha value is -0.970. The molecule has 1 aromatic heterocycles. The van der Waals surface area contributed by atoms with Crippen LogP contribution in [0.5, 0.6) is 0 Å². The molecule has 1 aromatic rings. The fraction of sp³-hybridized carbons (Fsp3) is 0.500. The molecule has 11 heavy (non-hydrogen) atoms. The number of aromatic amines is 1. The van der Waals surface area contributed by atoms with Gasteiger partial charge in [0.05, 0.1) is 6.20 Å². The van der Waals surface area contributed by atoms with E-state index in [1.807, 2.05) is 0 Å². The number of nitrogens with one attached hydrogen (secondary N) is 2. The van der Waals surface area contributed by atoms with Crippen LogP contribution < -0.4 is 5.32 Å². The Labute approximate surface area is 69.4 Å². The molecule has 0 spiro atoms. The van der Waals surface area contributed by atoms with Gasteiger partial charge in [-0.3, -0.25) is 0 Å². The van der Waals surface area contributed by atoms with Gasteiger partial charge >= 0.3 is 0 Å². The van der Waals surface area contributed by atoms with Crippen LogP contribution in [0.1, 0.15) is 18.5 Å². The van der Waals surface area contributed by atoms with E-state index in [9.17, 15) is 0 Å². The quantitative estimate of drug-likeness (QED) is 0.621. The first-order valence-electron chi connectivity index (χ1n) is 3.53. The SMILES string of the molecule is S=C(NC1CC1)c1cn[nH]n1. The fourth-order valence-electron chi connectivity index (χ4n) is 0.798. The van der Waals surface area contributed by atoms with E-state index in [1.165, 1.54) is 12.8 Å². The number of thiocarbonyl (C=S) groups is 1. The minimum Gasteiger partial charge on any atom is -0.372 e. The van der Waals surface area contributed by atoms with E-state index in [-0.39, 0.29) is 0 Å². The average Bonchev–Trinajstić information content (AvgIpc) is 2.67. The van der Waals surface area contributed by atoms with Crippen LogP contribution in [0.3, 0.4) is 0 Å². The first-order chi connectivity index (χ1) is 5.36. The van der Waals surface area contributed by atoms with E-state index in [0.717, 1.165) is 5.69 Å². The standard InChI is InChI=1S/C6H8N4S/c11-6(8-4-1-2-4)5-3-7-10-9-5/h3-4H,1-2H2,(H,8,11)(H,7,9,10). The van der Waals surface area contributed by atoms with Crippen molar-refractivity contribution in [3.8, 4) is 0 Å². The summed E-state index contributed by atoms with van der Waals surface area (Å²) < 4.78 is 0. The van der Waals surface area contributed by atoms with Crippen molar-refractivity contribution in [1.29, 1.82) is 0 Å². The summed E-state index contributed by atoms with van der Waals surface area (Å²) >= 11 is 5.06. The average molecular weight is 168 g/mol. The zero-order valence-electron chi connectivity index (χ0n) is 5.87. The molecule has 0 aliphatic heterocycles. The molecular weight excluding hydrogens is 160 g/mol. The van der Waals surface area contributed by atoms with E-state index < -0.39 is 0 Å². The van der Waals surface area contributed by atoms with Crippen molar-refractivity contribution in [3.05, 3.63) is 11.9 Å². The second-order valence-corrected chi connectivity index (χ2v) is 3.01. The highest BCUT2D eigenvalue weighted by atomic mass is 32.1. The van der Waals surface area contributed by atoms with Gasteiger partial charge in [-0.25, -0.2) is 0 Å². The minimum atomic E-state index is 0.583. The third-order valence-corrected chi connectivity index (χ3v) is 1.89. The van der Waals surface area contributed by atoms with Crippen LogP contribution >= 0.6 is 12.2 Å². The smallest absolute Gasteiger partial charge is 0.139 e. The molecule has 1 aliphatic rings. The molecule has 1 heterocycles. The number of aromatic nitrogens is 3. The van der Waals surface area contributed by atoms with E-state index in [0.29, 0.717) is 11.0 Å². The van der Waals surface area contributed by atoms with Crippen molar-refractivity contribution >= 4 is 17.2 Å². The number of hydrogen-bond acceptors (Lipinski definition) is 3. The Kier molecular flexibility index (Phi) is 1.58. The highest BCUT2D eigenvalue weighted by Crippen LogP contribution is 2.19. The molecule has 0 saturated heterocycles. The topological polar surface area (TPSA) is 53.6 Å². The third kappa shape index (κ3) is 1.54. The van der Waals surface area contributed by atoms with Gasteiger partial charge in [-0.05, 0) is 12.8 Å². The van der Waals surface area contributed by atoms with Gasteiger partial charge in [0, 0.05) is 6.04 Å². The van der Waals surface area contributed by atoms with Crippen molar-refractivity contribution in [2.45, 2.75) is 18.9 Å². The zero-order valence-corrected chi connectivity index (χ0v) is 6.69. The Morgan fingerprint density at radius 3 is 3.09 bits per heavy atom. The molecular formula is C6H8N4S. The van der Waals surface area contributed by atoms with Crippen LogP contribution in [0.25, 0.3) is 0 Å². The molecule has 0 amide bonds. The summed E-state index contributed by atoms with van der Waals surface area (Å²) in [4.78, 5) is 0.696. The lowest BCUT2D eigenvalue weighted by Gasteiger charge is -2.00. The van der Waals surface area contributed by atoms with Gasteiger partial charge in [-0.1, -0.05) is 12.2 Å². The molecule has 58 valence electrons. The van der Waals surface area contributed by atoms with Crippen LogP contribution in [0.15, 0.2) is 6.20 Å². The van der Waals surface area contributed by atoms with Crippen molar-refractivity contribution in [1.82, 2.24) is 20.7 Å². The normalized spacial score (nSPS) is 16.4. The number of hydrogen-bond donors (Lipinski definition) is 2. The van der Waals surface area contributed by atoms with E-state index in [2.05, 4.69) is 20.7 Å². The second kappa shape index (κ2) is 2.58. The summed E-state index contributed by atoms with van der Waals surface area (Å²) in [5, 5.41) is 13.2. The lowest BCUT2D eigenvalue weighted by atomic mass is 10.4. The van der Waals surface area contributed by atoms with Gasteiger partial charge in [0.25, 0.3) is 0 Å². The summed E-state index contributed by atoms with van der Waals surface area (Å²) in [6, 6.07) is 0.583. The monoisotopic (exact) mass is 168 g/mol. The summed E-state index contributed by atoms with van der Waals surface area (Å²) in [5.74, 6) is 0. The van der Waals surface area contributed by atoms with Crippen LogP contribution in [-0.2, 0) is 0 Å². The molecule has 0 aromatic carbocycles. The predicted octanol–water partition coefficient (Wildman–Crippen LogP) is 0.232. The van der Waals surface area contributed by atoms with Gasteiger partial charge in [0.2, 0.25) is 0 Å². The van der Waals surface area contributed by atoms with Crippen LogP contribution in [0, 0.1) is 0 Å². The van der Waals surface area contributed by atoms with Crippen LogP contribution in [-0.4, -0.2) is 26.4 Å². The van der Waals surface area contributed by atoms with Gasteiger partial charge in [0.1, 0.15) is 10.7 Å². The van der Waals surface area contributed by atoms with Crippen molar-refractivity contribution in [2.75, 3.05) is 0 Å². The highest BCUT2D eigenvalue weighted by Gasteiger charge is 2.22. The zero-order chi connectivity index (χ0) is 7.68. The molecule has 1 aliphatic carbocycles. The third-order valence-electron chi connectivity index (χ3n) is 1.56. The minimum absolute atomic E-state index is 0.583. The highest BCUT2D eigenvalue weighted by molar-refractivity contribution is 7.80. The molecule has 0 radical (unpaired) electrons. The molecule has 4 nitrogen and oxygen atoms in total. The molecule has 5 heteroatoms. The van der Waals surface area contributed by atoms with Gasteiger partial charge in [-0.15, -0.1) is 0 Å². The Balaban J connectivity index is 1.99. The van der Waals surface area contributed by atoms with Gasteiger partial charge in [0.15, 0.2) is 0 Å². The summed E-state index contributed by atoms with van der Waals surface area (Å²) in [6.45, 7) is 0. The summed E-state index contributed by atoms with van der Waals surface area (Å²) in [6.07, 6.45) is 4.06. The molecule has 0 unspecified atom stereocenters. The maximum absolute atomic E-state index is 5.06. The van der Waals surface area contributed by atoms with Crippen LogP contribution in [0.2, 0.25) is 0 Å². The fourth-order valence-corrected chi connectivity index (χ4v) is 1.06. The molecule has 0 bridgehead atoms. The summed E-state index contributed by atoms with van der Waals surface area (Å²) in [5.41, 5.74) is 0.729. The van der Waals surface area contributed by atoms with Gasteiger partial charge in [-0.2, -0.15) is 15.4 Å². The number of nitrogens with zero attached hydrogens (tertiary/aromatic N) is 2. The second-order valence-electron chi connectivity index (χ2n) is 2.60. The Morgan fingerprint density at radius 2 is 2.55 bits per heavy atom. The lowest BCUT2D eigenvalue weighted by Crippen LogP contribution is -2.24. The summed E-state index contributed by atoms with van der Waals surface area (Å²) in [7, 11) is 0.